The number of nitrogens with one attached hydrogen (secondary N) is 2. The number of aryl methyl sites for hydroxylation is 2. The molecule has 1 aromatic heterocycles. The third-order valence-corrected chi connectivity index (χ3v) is 5.37. The molecule has 2 rings (SSSR count). The molecule has 2 N–H and O–H groups in total. The molecule has 1 aromatic rings. The monoisotopic (exact) mass is 308 g/mol. The summed E-state index contributed by atoms with van der Waals surface area (Å²) in [5.74, 6) is 0.137. The normalized spacial score (nSPS) is 19.2. The number of amides is 1. The van der Waals surface area contributed by atoms with Crippen LogP contribution in [0, 0.1) is 13.8 Å². The molecule has 1 aliphatic carbocycles. The summed E-state index contributed by atoms with van der Waals surface area (Å²) < 4.78 is 0. The van der Waals surface area contributed by atoms with Crippen molar-refractivity contribution in [1.29, 1.82) is 0 Å². The maximum absolute atomic E-state index is 12.3. The fourth-order valence-electron chi connectivity index (χ4n) is 3.19. The summed E-state index contributed by atoms with van der Waals surface area (Å²) in [6.07, 6.45) is 6.08. The second kappa shape index (κ2) is 7.41. The lowest BCUT2D eigenvalue weighted by Gasteiger charge is -2.26. The van der Waals surface area contributed by atoms with Gasteiger partial charge in [0.05, 0.1) is 6.04 Å². The minimum absolute atomic E-state index is 0.137. The van der Waals surface area contributed by atoms with Gasteiger partial charge in [-0.3, -0.25) is 10.1 Å². The first-order valence-corrected chi connectivity index (χ1v) is 8.92. The molecule has 3 nitrogen and oxygen atoms in total. The van der Waals surface area contributed by atoms with Gasteiger partial charge in [-0.25, -0.2) is 0 Å². The number of carbonyl (C=O) groups excluding carboxylic acids is 1. The summed E-state index contributed by atoms with van der Waals surface area (Å²) in [5, 5.41) is 6.63. The van der Waals surface area contributed by atoms with E-state index in [1.807, 2.05) is 18.3 Å². The Labute approximate surface area is 132 Å². The zero-order chi connectivity index (χ0) is 15.4. The Bertz CT molecular complexity index is 477. The fraction of sp³-hybridized carbons (Fsp3) is 0.706. The Balaban J connectivity index is 1.86. The van der Waals surface area contributed by atoms with Gasteiger partial charge in [-0.1, -0.05) is 19.3 Å². The Morgan fingerprint density at radius 1 is 1.24 bits per heavy atom. The lowest BCUT2D eigenvalue weighted by Crippen LogP contribution is -2.47. The van der Waals surface area contributed by atoms with Crippen LogP contribution in [-0.4, -0.2) is 18.0 Å². The van der Waals surface area contributed by atoms with Gasteiger partial charge in [0.2, 0.25) is 5.91 Å². The Hall–Kier alpha value is -0.870. The number of carbonyl (C=O) groups is 1. The van der Waals surface area contributed by atoms with Gasteiger partial charge in [0.1, 0.15) is 0 Å². The SMILES string of the molecule is Cc1cc(C(C)NC(C)C(=O)NC2CCCCC2)c(C)s1. The van der Waals surface area contributed by atoms with Crippen molar-refractivity contribution in [2.75, 3.05) is 0 Å². The molecule has 1 saturated carbocycles. The second-order valence-corrected chi connectivity index (χ2v) is 7.78. The number of thiophene rings is 1. The second-order valence-electron chi connectivity index (χ2n) is 6.32. The zero-order valence-electron chi connectivity index (χ0n) is 13.7. The highest BCUT2D eigenvalue weighted by atomic mass is 32.1. The van der Waals surface area contributed by atoms with Crippen molar-refractivity contribution in [2.45, 2.75) is 77.9 Å². The third-order valence-electron chi connectivity index (χ3n) is 4.39. The van der Waals surface area contributed by atoms with Gasteiger partial charge < -0.3 is 5.32 Å². The molecule has 118 valence electrons. The summed E-state index contributed by atoms with van der Waals surface area (Å²) in [5.41, 5.74) is 1.31. The van der Waals surface area contributed by atoms with Crippen molar-refractivity contribution in [3.63, 3.8) is 0 Å². The van der Waals surface area contributed by atoms with Crippen molar-refractivity contribution in [1.82, 2.24) is 10.6 Å². The lowest BCUT2D eigenvalue weighted by atomic mass is 9.95. The largest absolute Gasteiger partial charge is 0.352 e. The molecule has 4 heteroatoms. The van der Waals surface area contributed by atoms with Crippen molar-refractivity contribution in [3.05, 3.63) is 21.4 Å². The third kappa shape index (κ3) is 4.55. The van der Waals surface area contributed by atoms with Gasteiger partial charge >= 0.3 is 0 Å². The van der Waals surface area contributed by atoms with E-state index in [2.05, 4.69) is 37.5 Å². The van der Waals surface area contributed by atoms with E-state index in [0.717, 1.165) is 12.8 Å². The standard InChI is InChI=1S/C17H28N2OS/c1-11-10-16(14(4)21-11)12(2)18-13(3)17(20)19-15-8-6-5-7-9-15/h10,12-13,15,18H,5-9H2,1-4H3,(H,19,20). The van der Waals surface area contributed by atoms with E-state index in [4.69, 9.17) is 0 Å². The van der Waals surface area contributed by atoms with Crippen LogP contribution in [0.5, 0.6) is 0 Å². The predicted molar refractivity (Wildman–Crippen MR) is 89.8 cm³/mol. The molecule has 1 aliphatic rings. The quantitative estimate of drug-likeness (QED) is 0.867. The van der Waals surface area contributed by atoms with Gasteiger partial charge in [-0.2, -0.15) is 0 Å². The molecule has 1 amide bonds. The molecular weight excluding hydrogens is 280 g/mol. The molecule has 0 bridgehead atoms. The van der Waals surface area contributed by atoms with Gasteiger partial charge in [-0.15, -0.1) is 11.3 Å². The van der Waals surface area contributed by atoms with Crippen LogP contribution in [0.3, 0.4) is 0 Å². The maximum Gasteiger partial charge on any atom is 0.237 e. The van der Waals surface area contributed by atoms with E-state index >= 15 is 0 Å². The summed E-state index contributed by atoms with van der Waals surface area (Å²) >= 11 is 1.82. The molecule has 21 heavy (non-hydrogen) atoms. The highest BCUT2D eigenvalue weighted by Crippen LogP contribution is 2.26. The van der Waals surface area contributed by atoms with E-state index in [-0.39, 0.29) is 18.0 Å². The topological polar surface area (TPSA) is 41.1 Å². The van der Waals surface area contributed by atoms with Gasteiger partial charge in [0, 0.05) is 21.8 Å². The van der Waals surface area contributed by atoms with Gasteiger partial charge in [0.15, 0.2) is 0 Å². The number of rotatable bonds is 5. The Kier molecular flexibility index (Phi) is 5.82. The first kappa shape index (κ1) is 16.5. The predicted octanol–water partition coefficient (Wildman–Crippen LogP) is 3.85. The molecule has 0 spiro atoms. The molecular formula is C17H28N2OS. The van der Waals surface area contributed by atoms with Crippen molar-refractivity contribution < 1.29 is 4.79 Å². The van der Waals surface area contributed by atoms with Crippen LogP contribution in [0.15, 0.2) is 6.07 Å². The van der Waals surface area contributed by atoms with Crippen LogP contribution in [0.25, 0.3) is 0 Å². The van der Waals surface area contributed by atoms with Gasteiger partial charge in [-0.05, 0) is 52.2 Å². The van der Waals surface area contributed by atoms with E-state index < -0.39 is 0 Å². The zero-order valence-corrected chi connectivity index (χ0v) is 14.5. The molecule has 2 atom stereocenters. The van der Waals surface area contributed by atoms with E-state index in [1.54, 1.807) is 0 Å². The first-order valence-electron chi connectivity index (χ1n) is 8.10. The number of hydrogen-bond donors (Lipinski definition) is 2. The van der Waals surface area contributed by atoms with E-state index in [9.17, 15) is 4.79 Å². The van der Waals surface area contributed by atoms with E-state index in [0.29, 0.717) is 6.04 Å². The van der Waals surface area contributed by atoms with Crippen molar-refractivity contribution in [3.8, 4) is 0 Å². The van der Waals surface area contributed by atoms with Crippen LogP contribution in [0.1, 0.15) is 67.3 Å². The fourth-order valence-corrected chi connectivity index (χ4v) is 4.22. The van der Waals surface area contributed by atoms with Crippen molar-refractivity contribution in [2.24, 2.45) is 0 Å². The summed E-state index contributed by atoms with van der Waals surface area (Å²) in [6, 6.07) is 2.67. The smallest absolute Gasteiger partial charge is 0.237 e. The molecule has 0 radical (unpaired) electrons. The molecule has 1 fully saturated rings. The molecule has 0 aliphatic heterocycles. The molecule has 0 saturated heterocycles. The van der Waals surface area contributed by atoms with Crippen LogP contribution in [0.2, 0.25) is 0 Å². The van der Waals surface area contributed by atoms with Crippen molar-refractivity contribution >= 4 is 17.2 Å². The van der Waals surface area contributed by atoms with Crippen LogP contribution in [0.4, 0.5) is 0 Å². The average Bonchev–Trinajstić information content (AvgIpc) is 2.78. The highest BCUT2D eigenvalue weighted by molar-refractivity contribution is 7.12. The summed E-state index contributed by atoms with van der Waals surface area (Å²) in [4.78, 5) is 15.0. The average molecular weight is 308 g/mol. The minimum atomic E-state index is -0.151. The van der Waals surface area contributed by atoms with Crippen LogP contribution >= 0.6 is 11.3 Å². The molecule has 0 aromatic carbocycles. The van der Waals surface area contributed by atoms with E-state index in [1.165, 1.54) is 34.6 Å². The summed E-state index contributed by atoms with van der Waals surface area (Å²) in [7, 11) is 0. The summed E-state index contributed by atoms with van der Waals surface area (Å²) in [6.45, 7) is 8.38. The Morgan fingerprint density at radius 2 is 1.90 bits per heavy atom. The number of hydrogen-bond acceptors (Lipinski definition) is 3. The molecule has 1 heterocycles. The minimum Gasteiger partial charge on any atom is -0.352 e. The highest BCUT2D eigenvalue weighted by Gasteiger charge is 2.21. The maximum atomic E-state index is 12.3. The van der Waals surface area contributed by atoms with Gasteiger partial charge in [0.25, 0.3) is 0 Å². The molecule has 2 unspecified atom stereocenters. The Morgan fingerprint density at radius 3 is 2.48 bits per heavy atom. The first-order chi connectivity index (χ1) is 9.97. The van der Waals surface area contributed by atoms with Crippen LogP contribution in [-0.2, 0) is 4.79 Å². The lowest BCUT2D eigenvalue weighted by molar-refractivity contribution is -0.123. The van der Waals surface area contributed by atoms with Crippen LogP contribution < -0.4 is 10.6 Å².